The quantitative estimate of drug-likeness (QED) is 0.156. The topological polar surface area (TPSA) is 164 Å². The van der Waals surface area contributed by atoms with E-state index in [2.05, 4.69) is 15.6 Å². The molecule has 0 radical (unpaired) electrons. The highest BCUT2D eigenvalue weighted by molar-refractivity contribution is 5.91. The van der Waals surface area contributed by atoms with Crippen LogP contribution in [0.4, 0.5) is 10.6 Å². The Bertz CT molecular complexity index is 2010. The van der Waals surface area contributed by atoms with Gasteiger partial charge >= 0.3 is 29.6 Å². The van der Waals surface area contributed by atoms with Crippen molar-refractivity contribution in [3.05, 3.63) is 166 Å². The fourth-order valence-electron chi connectivity index (χ4n) is 5.07. The van der Waals surface area contributed by atoms with Gasteiger partial charge < -0.3 is 24.3 Å². The highest BCUT2D eigenvalue weighted by atomic mass is 16.8. The number of rotatable bonds is 10. The molecule has 1 fully saturated rings. The van der Waals surface area contributed by atoms with Gasteiger partial charge in [0.05, 0.1) is 16.7 Å². The molecule has 13 nitrogen and oxygen atoms in total. The minimum Gasteiger partial charge on any atom is -0.450 e. The van der Waals surface area contributed by atoms with Crippen LogP contribution in [0.3, 0.4) is 0 Å². The van der Waals surface area contributed by atoms with E-state index < -0.39 is 54.4 Å². The van der Waals surface area contributed by atoms with E-state index >= 15 is 0 Å². The van der Waals surface area contributed by atoms with Gasteiger partial charge in [0.25, 0.3) is 0 Å². The second-order valence-corrected chi connectivity index (χ2v) is 10.9. The van der Waals surface area contributed by atoms with Crippen LogP contribution in [-0.4, -0.2) is 52.0 Å². The van der Waals surface area contributed by atoms with Crippen LogP contribution in [-0.2, 0) is 25.5 Å². The van der Waals surface area contributed by atoms with Crippen LogP contribution in [0.5, 0.6) is 0 Å². The zero-order chi connectivity index (χ0) is 34.9. The van der Waals surface area contributed by atoms with E-state index in [4.69, 9.17) is 18.9 Å². The Balaban J connectivity index is 1.30. The molecule has 1 aliphatic rings. The van der Waals surface area contributed by atoms with Gasteiger partial charge in [-0.15, -0.1) is 0 Å². The van der Waals surface area contributed by atoms with Crippen LogP contribution in [0.15, 0.2) is 138 Å². The van der Waals surface area contributed by atoms with Gasteiger partial charge in [-0.25, -0.2) is 24.0 Å². The normalized spacial score (nSPS) is 18.0. The summed E-state index contributed by atoms with van der Waals surface area (Å²) in [5.41, 5.74) is 0.448. The molecule has 1 saturated heterocycles. The van der Waals surface area contributed by atoms with Gasteiger partial charge in [-0.3, -0.25) is 9.88 Å². The Kier molecular flexibility index (Phi) is 10.3. The first-order valence-electron chi connectivity index (χ1n) is 15.5. The van der Waals surface area contributed by atoms with Gasteiger partial charge in [0, 0.05) is 12.7 Å². The average molecular weight is 675 g/mol. The SMILES string of the molecule is O=C(NCc1ccccc1)Nc1ccn([C@@H]2O[C@H](OC(=O)c3ccccc3)[C@H](OC(=O)c3ccccc3)[C@@H]2OC(=O)c2ccccc2)c(=O)n1. The molecule has 0 aliphatic carbocycles. The Morgan fingerprint density at radius 1 is 0.640 bits per heavy atom. The lowest BCUT2D eigenvalue weighted by Crippen LogP contribution is -2.42. The zero-order valence-corrected chi connectivity index (χ0v) is 26.3. The summed E-state index contributed by atoms with van der Waals surface area (Å²) < 4.78 is 24.4. The summed E-state index contributed by atoms with van der Waals surface area (Å²) in [6, 6.07) is 34.0. The number of hydrogen-bond acceptors (Lipinski definition) is 10. The maximum absolute atomic E-state index is 13.4. The van der Waals surface area contributed by atoms with Gasteiger partial charge in [-0.05, 0) is 48.0 Å². The number of esters is 3. The first-order chi connectivity index (χ1) is 24.4. The van der Waals surface area contributed by atoms with Crippen molar-refractivity contribution in [3.63, 3.8) is 0 Å². The molecule has 4 atom stereocenters. The van der Waals surface area contributed by atoms with Crippen molar-refractivity contribution in [2.75, 3.05) is 5.32 Å². The third kappa shape index (κ3) is 8.09. The van der Waals surface area contributed by atoms with Gasteiger partial charge in [-0.1, -0.05) is 84.9 Å². The molecule has 0 saturated carbocycles. The molecule has 2 N–H and O–H groups in total. The van der Waals surface area contributed by atoms with E-state index in [1.165, 1.54) is 48.7 Å². The lowest BCUT2D eigenvalue weighted by atomic mass is 10.1. The number of urea groups is 1. The molecule has 0 spiro atoms. The molecule has 0 bridgehead atoms. The van der Waals surface area contributed by atoms with Crippen LogP contribution >= 0.6 is 0 Å². The van der Waals surface area contributed by atoms with E-state index in [1.807, 2.05) is 30.3 Å². The molecule has 6 rings (SSSR count). The highest BCUT2D eigenvalue weighted by Gasteiger charge is 2.53. The van der Waals surface area contributed by atoms with Crippen LogP contribution in [0, 0.1) is 0 Å². The van der Waals surface area contributed by atoms with Crippen molar-refractivity contribution >= 4 is 29.8 Å². The van der Waals surface area contributed by atoms with Crippen molar-refractivity contribution in [1.29, 1.82) is 0 Å². The minimum atomic E-state index is -1.64. The molecule has 1 aliphatic heterocycles. The van der Waals surface area contributed by atoms with Gasteiger partial charge in [0.15, 0.2) is 12.3 Å². The number of hydrogen-bond donors (Lipinski definition) is 2. The highest BCUT2D eigenvalue weighted by Crippen LogP contribution is 2.35. The Labute approximate surface area is 285 Å². The molecule has 2 heterocycles. The Morgan fingerprint density at radius 3 is 1.64 bits per heavy atom. The number of nitrogens with one attached hydrogen (secondary N) is 2. The van der Waals surface area contributed by atoms with Crippen LogP contribution < -0.4 is 16.3 Å². The van der Waals surface area contributed by atoms with Crippen LogP contribution in [0.25, 0.3) is 0 Å². The number of amides is 2. The molecule has 2 amide bonds. The number of aromatic nitrogens is 2. The molecule has 50 heavy (non-hydrogen) atoms. The van der Waals surface area contributed by atoms with Gasteiger partial charge in [0.1, 0.15) is 5.82 Å². The fourth-order valence-corrected chi connectivity index (χ4v) is 5.07. The fraction of sp³-hybridized carbons (Fsp3) is 0.135. The number of ether oxygens (including phenoxy) is 4. The second-order valence-electron chi connectivity index (χ2n) is 10.9. The number of benzene rings is 4. The maximum atomic E-state index is 13.4. The summed E-state index contributed by atoms with van der Waals surface area (Å²) >= 11 is 0. The minimum absolute atomic E-state index is 0.0771. The molecule has 0 unspecified atom stereocenters. The van der Waals surface area contributed by atoms with E-state index in [1.54, 1.807) is 54.6 Å². The predicted octanol–water partition coefficient (Wildman–Crippen LogP) is 4.73. The van der Waals surface area contributed by atoms with Crippen molar-refractivity contribution in [3.8, 4) is 0 Å². The van der Waals surface area contributed by atoms with E-state index in [9.17, 15) is 24.0 Å². The van der Waals surface area contributed by atoms with E-state index in [0.717, 1.165) is 10.1 Å². The lowest BCUT2D eigenvalue weighted by Gasteiger charge is -2.24. The Hall–Kier alpha value is -6.60. The molecule has 1 aromatic heterocycles. The van der Waals surface area contributed by atoms with Gasteiger partial charge in [-0.2, -0.15) is 4.98 Å². The number of carbonyl (C=O) groups is 4. The summed E-state index contributed by atoms with van der Waals surface area (Å²) in [5.74, 6) is -2.55. The monoisotopic (exact) mass is 674 g/mol. The number of anilines is 1. The first kappa shape index (κ1) is 33.3. The van der Waals surface area contributed by atoms with E-state index in [0.29, 0.717) is 0 Å². The summed E-state index contributed by atoms with van der Waals surface area (Å²) in [7, 11) is 0. The first-order valence-corrected chi connectivity index (χ1v) is 15.5. The Morgan fingerprint density at radius 2 is 1.12 bits per heavy atom. The molecular weight excluding hydrogens is 644 g/mol. The smallest absolute Gasteiger partial charge is 0.351 e. The van der Waals surface area contributed by atoms with Crippen molar-refractivity contribution in [1.82, 2.24) is 14.9 Å². The molecule has 4 aromatic carbocycles. The average Bonchev–Trinajstić information content (AvgIpc) is 3.47. The lowest BCUT2D eigenvalue weighted by molar-refractivity contribution is -0.149. The summed E-state index contributed by atoms with van der Waals surface area (Å²) in [5, 5.41) is 5.18. The largest absolute Gasteiger partial charge is 0.450 e. The summed E-state index contributed by atoms with van der Waals surface area (Å²) in [4.78, 5) is 69.8. The summed E-state index contributed by atoms with van der Waals surface area (Å²) in [6.45, 7) is 0.236. The number of carbonyl (C=O) groups excluding carboxylic acids is 4. The second kappa shape index (κ2) is 15.5. The molecular formula is C37H30N4O9. The molecule has 5 aromatic rings. The molecule has 252 valence electrons. The predicted molar refractivity (Wildman–Crippen MR) is 178 cm³/mol. The summed E-state index contributed by atoms with van der Waals surface area (Å²) in [6.07, 6.45) is -4.93. The third-order valence-electron chi connectivity index (χ3n) is 7.53. The van der Waals surface area contributed by atoms with Crippen LogP contribution in [0.2, 0.25) is 0 Å². The maximum Gasteiger partial charge on any atom is 0.351 e. The van der Waals surface area contributed by atoms with Crippen molar-refractivity contribution < 1.29 is 38.1 Å². The van der Waals surface area contributed by atoms with Crippen LogP contribution in [0.1, 0.15) is 42.9 Å². The van der Waals surface area contributed by atoms with Crippen molar-refractivity contribution in [2.24, 2.45) is 0 Å². The van der Waals surface area contributed by atoms with Gasteiger partial charge in [0.2, 0.25) is 12.4 Å². The molecule has 13 heteroatoms. The zero-order valence-electron chi connectivity index (χ0n) is 26.3. The van der Waals surface area contributed by atoms with E-state index in [-0.39, 0.29) is 29.1 Å². The third-order valence-corrected chi connectivity index (χ3v) is 7.53. The number of nitrogens with zero attached hydrogens (tertiary/aromatic N) is 2. The van der Waals surface area contributed by atoms with Crippen molar-refractivity contribution in [2.45, 2.75) is 31.3 Å². The standard InChI is InChI=1S/C37H30N4O9/c42-32(25-15-7-2-8-16-25)47-29-30(48-33(43)26-17-9-3-10-18-26)35(50-34(44)27-19-11-4-12-20-27)49-31(29)41-22-21-28(40-37(41)46)39-36(45)38-23-24-13-5-1-6-14-24/h1-22,29-31,35H,23H2,(H2,38,39,40,45,46)/t29-,30+,31+,35+/m0/s1.